The van der Waals surface area contributed by atoms with Gasteiger partial charge in [-0.1, -0.05) is 0 Å². The van der Waals surface area contributed by atoms with Crippen molar-refractivity contribution in [2.75, 3.05) is 6.54 Å². The van der Waals surface area contributed by atoms with Crippen LogP contribution in [0.25, 0.3) is 0 Å². The summed E-state index contributed by atoms with van der Waals surface area (Å²) in [4.78, 5) is 22.4. The Hall–Kier alpha value is -2.05. The summed E-state index contributed by atoms with van der Waals surface area (Å²) in [5.41, 5.74) is -0.577. The van der Waals surface area contributed by atoms with Crippen LogP contribution >= 0.6 is 0 Å². The van der Waals surface area contributed by atoms with Crippen LogP contribution in [0.15, 0.2) is 12.1 Å². The van der Waals surface area contributed by atoms with Crippen molar-refractivity contribution in [1.82, 2.24) is 4.90 Å². The lowest BCUT2D eigenvalue weighted by atomic mass is 9.97. The number of amides is 2. The van der Waals surface area contributed by atoms with Crippen LogP contribution in [0.2, 0.25) is 0 Å². The third kappa shape index (κ3) is 1.92. The summed E-state index contributed by atoms with van der Waals surface area (Å²) >= 11 is 0. The molecule has 2 amide bonds. The Kier molecular flexibility index (Phi) is 2.98. The van der Waals surface area contributed by atoms with Gasteiger partial charge in [0.1, 0.15) is 5.82 Å². The van der Waals surface area contributed by atoms with E-state index in [-0.39, 0.29) is 13.0 Å². The Balaban J connectivity index is 2.38. The second-order valence-electron chi connectivity index (χ2n) is 3.94. The van der Waals surface area contributed by atoms with Crippen molar-refractivity contribution in [3.63, 3.8) is 0 Å². The van der Waals surface area contributed by atoms with Gasteiger partial charge in [-0.25, -0.2) is 22.9 Å². The minimum atomic E-state index is -1.49. The Morgan fingerprint density at radius 3 is 2.44 bits per heavy atom. The molecule has 1 fully saturated rings. The molecule has 0 aromatic heterocycles. The predicted molar refractivity (Wildman–Crippen MR) is 53.4 cm³/mol. The molecule has 1 aliphatic rings. The molecule has 0 aliphatic carbocycles. The topological polar surface area (TPSA) is 57.6 Å². The van der Waals surface area contributed by atoms with Gasteiger partial charge in [0, 0.05) is 24.4 Å². The standard InChI is InChI=1S/C11H8F3NO3/c12-6-1-2-7(13)10(14)9(6)5-3-8(16)15(4-5)11(17)18/h1-2,5H,3-4H2,(H,17,18)/t5-/m1/s1. The smallest absolute Gasteiger partial charge is 0.414 e. The van der Waals surface area contributed by atoms with Crippen molar-refractivity contribution < 1.29 is 27.9 Å². The van der Waals surface area contributed by atoms with Crippen molar-refractivity contribution in [2.45, 2.75) is 12.3 Å². The van der Waals surface area contributed by atoms with Crippen LogP contribution in [0.1, 0.15) is 17.9 Å². The fraction of sp³-hybridized carbons (Fsp3) is 0.273. The number of carboxylic acid groups (broad SMARTS) is 1. The van der Waals surface area contributed by atoms with Gasteiger partial charge in [0.25, 0.3) is 0 Å². The van der Waals surface area contributed by atoms with E-state index in [1.54, 1.807) is 0 Å². The van der Waals surface area contributed by atoms with Crippen molar-refractivity contribution in [2.24, 2.45) is 0 Å². The summed E-state index contributed by atoms with van der Waals surface area (Å²) in [7, 11) is 0. The average Bonchev–Trinajstić information content (AvgIpc) is 2.66. The Bertz CT molecular complexity index is 533. The molecular formula is C11H8F3NO3. The van der Waals surface area contributed by atoms with Crippen LogP contribution in [-0.4, -0.2) is 28.6 Å². The summed E-state index contributed by atoms with van der Waals surface area (Å²) in [5.74, 6) is -5.34. The first kappa shape index (κ1) is 12.4. The molecule has 1 heterocycles. The van der Waals surface area contributed by atoms with Crippen molar-refractivity contribution in [1.29, 1.82) is 0 Å². The maximum atomic E-state index is 13.5. The largest absolute Gasteiger partial charge is 0.465 e. The summed E-state index contributed by atoms with van der Waals surface area (Å²) in [5, 5.41) is 8.69. The predicted octanol–water partition coefficient (Wildman–Crippen LogP) is 2.10. The van der Waals surface area contributed by atoms with Crippen molar-refractivity contribution in [3.05, 3.63) is 35.1 Å². The van der Waals surface area contributed by atoms with Crippen LogP contribution in [-0.2, 0) is 4.79 Å². The minimum Gasteiger partial charge on any atom is -0.465 e. The van der Waals surface area contributed by atoms with Gasteiger partial charge in [-0.2, -0.15) is 0 Å². The molecule has 18 heavy (non-hydrogen) atoms. The summed E-state index contributed by atoms with van der Waals surface area (Å²) in [6.07, 6.45) is -1.84. The van der Waals surface area contributed by atoms with Gasteiger partial charge in [0.05, 0.1) is 0 Å². The minimum absolute atomic E-state index is 0.358. The SMILES string of the molecule is O=C(O)N1C[C@H](c2c(F)ccc(F)c2F)CC1=O. The first-order chi connectivity index (χ1) is 8.41. The van der Waals surface area contributed by atoms with Gasteiger partial charge in [-0.05, 0) is 12.1 Å². The number of carbonyl (C=O) groups excluding carboxylic acids is 1. The first-order valence-corrected chi connectivity index (χ1v) is 5.08. The highest BCUT2D eigenvalue weighted by atomic mass is 19.2. The Morgan fingerprint density at radius 2 is 1.89 bits per heavy atom. The molecule has 0 unspecified atom stereocenters. The van der Waals surface area contributed by atoms with Gasteiger partial charge in [-0.15, -0.1) is 0 Å². The average molecular weight is 259 g/mol. The highest BCUT2D eigenvalue weighted by Gasteiger charge is 2.37. The monoisotopic (exact) mass is 259 g/mol. The summed E-state index contributed by atoms with van der Waals surface area (Å²) in [6.45, 7) is -0.370. The van der Waals surface area contributed by atoms with E-state index in [0.29, 0.717) is 11.0 Å². The van der Waals surface area contributed by atoms with E-state index in [4.69, 9.17) is 5.11 Å². The highest BCUT2D eigenvalue weighted by molar-refractivity contribution is 5.93. The van der Waals surface area contributed by atoms with E-state index in [0.717, 1.165) is 6.07 Å². The molecule has 0 saturated carbocycles. The normalized spacial score (nSPS) is 19.4. The van der Waals surface area contributed by atoms with E-state index in [9.17, 15) is 22.8 Å². The molecule has 0 radical (unpaired) electrons. The second-order valence-corrected chi connectivity index (χ2v) is 3.94. The van der Waals surface area contributed by atoms with Crippen LogP contribution in [0, 0.1) is 17.5 Å². The van der Waals surface area contributed by atoms with E-state index in [2.05, 4.69) is 0 Å². The molecule has 1 N–H and O–H groups in total. The number of likely N-dealkylation sites (tertiary alicyclic amines) is 1. The van der Waals surface area contributed by atoms with E-state index in [1.165, 1.54) is 0 Å². The molecule has 2 rings (SSSR count). The molecule has 0 bridgehead atoms. The Morgan fingerprint density at radius 1 is 1.28 bits per heavy atom. The van der Waals surface area contributed by atoms with Crippen molar-refractivity contribution in [3.8, 4) is 0 Å². The van der Waals surface area contributed by atoms with Crippen LogP contribution in [0.3, 0.4) is 0 Å². The number of halogens is 3. The number of imide groups is 1. The quantitative estimate of drug-likeness (QED) is 0.786. The number of hydrogen-bond acceptors (Lipinski definition) is 2. The maximum absolute atomic E-state index is 13.5. The molecule has 1 atom stereocenters. The lowest BCUT2D eigenvalue weighted by Crippen LogP contribution is -2.30. The molecule has 1 aromatic rings. The fourth-order valence-corrected chi connectivity index (χ4v) is 2.00. The number of carbonyl (C=O) groups is 2. The Labute approximate surface area is 99.6 Å². The fourth-order valence-electron chi connectivity index (χ4n) is 2.00. The third-order valence-corrected chi connectivity index (χ3v) is 2.84. The van der Waals surface area contributed by atoms with Crippen LogP contribution in [0.4, 0.5) is 18.0 Å². The number of nitrogens with zero attached hydrogens (tertiary/aromatic N) is 1. The van der Waals surface area contributed by atoms with Crippen molar-refractivity contribution >= 4 is 12.0 Å². The van der Waals surface area contributed by atoms with E-state index >= 15 is 0 Å². The molecular weight excluding hydrogens is 251 g/mol. The zero-order chi connectivity index (χ0) is 13.4. The maximum Gasteiger partial charge on any atom is 0.414 e. The molecule has 96 valence electrons. The lowest BCUT2D eigenvalue weighted by Gasteiger charge is -2.12. The summed E-state index contributed by atoms with van der Waals surface area (Å²) in [6, 6.07) is 1.39. The molecule has 1 aromatic carbocycles. The van der Waals surface area contributed by atoms with Gasteiger partial charge in [-0.3, -0.25) is 4.79 Å². The van der Waals surface area contributed by atoms with E-state index in [1.807, 2.05) is 0 Å². The number of rotatable bonds is 1. The zero-order valence-corrected chi connectivity index (χ0v) is 8.99. The van der Waals surface area contributed by atoms with E-state index < -0.39 is 40.9 Å². The van der Waals surface area contributed by atoms with Gasteiger partial charge in [0.15, 0.2) is 11.6 Å². The molecule has 4 nitrogen and oxygen atoms in total. The highest BCUT2D eigenvalue weighted by Crippen LogP contribution is 2.32. The van der Waals surface area contributed by atoms with Gasteiger partial charge >= 0.3 is 6.09 Å². The van der Waals surface area contributed by atoms with Gasteiger partial charge in [0.2, 0.25) is 5.91 Å². The number of benzene rings is 1. The second kappa shape index (κ2) is 4.32. The molecule has 0 spiro atoms. The first-order valence-electron chi connectivity index (χ1n) is 5.08. The van der Waals surface area contributed by atoms with Crippen LogP contribution < -0.4 is 0 Å². The molecule has 1 aliphatic heterocycles. The molecule has 7 heteroatoms. The lowest BCUT2D eigenvalue weighted by molar-refractivity contribution is -0.125. The third-order valence-electron chi connectivity index (χ3n) is 2.84. The summed E-state index contributed by atoms with van der Waals surface area (Å²) < 4.78 is 39.9. The zero-order valence-electron chi connectivity index (χ0n) is 8.99. The van der Waals surface area contributed by atoms with Gasteiger partial charge < -0.3 is 5.11 Å². The molecule has 1 saturated heterocycles. The van der Waals surface area contributed by atoms with Crippen LogP contribution in [0.5, 0.6) is 0 Å². The number of hydrogen-bond donors (Lipinski definition) is 1.